The minimum absolute atomic E-state index is 0.0168. The van der Waals surface area contributed by atoms with Gasteiger partial charge in [-0.15, -0.1) is 5.10 Å². The number of pyridine rings is 1. The maximum atomic E-state index is 13.8. The van der Waals surface area contributed by atoms with E-state index in [2.05, 4.69) is 15.1 Å². The Hall–Kier alpha value is -2.70. The molecule has 3 aromatic heterocycles. The van der Waals surface area contributed by atoms with Crippen molar-refractivity contribution in [3.63, 3.8) is 0 Å². The Morgan fingerprint density at radius 3 is 2.59 bits per heavy atom. The maximum Gasteiger partial charge on any atom is 0.238 e. The van der Waals surface area contributed by atoms with E-state index in [9.17, 15) is 22.3 Å². The van der Waals surface area contributed by atoms with Gasteiger partial charge in [0.15, 0.2) is 5.82 Å². The minimum atomic E-state index is -3.05. The molecule has 0 radical (unpaired) electrons. The van der Waals surface area contributed by atoms with Gasteiger partial charge in [0, 0.05) is 19.2 Å². The van der Waals surface area contributed by atoms with E-state index in [1.165, 1.54) is 40.1 Å². The van der Waals surface area contributed by atoms with Crippen LogP contribution in [0.25, 0.3) is 16.9 Å². The predicted octanol–water partition coefficient (Wildman–Crippen LogP) is 1.90. The van der Waals surface area contributed by atoms with Crippen LogP contribution < -0.4 is 5.73 Å². The molecule has 3 N–H and O–H groups in total. The molecule has 4 heterocycles. The summed E-state index contributed by atoms with van der Waals surface area (Å²) >= 11 is 0. The molecule has 3 aromatic rings. The molecule has 2 fully saturated rings. The van der Waals surface area contributed by atoms with Crippen molar-refractivity contribution in [1.29, 1.82) is 0 Å². The van der Waals surface area contributed by atoms with Crippen LogP contribution >= 0.6 is 0 Å². The molecule has 5 rings (SSSR count). The topological polar surface area (TPSA) is 127 Å². The Kier molecular flexibility index (Phi) is 6.10. The van der Waals surface area contributed by atoms with E-state index in [1.54, 1.807) is 0 Å². The average Bonchev–Trinajstić information content (AvgIpc) is 3.56. The van der Waals surface area contributed by atoms with Crippen molar-refractivity contribution in [2.75, 3.05) is 18.8 Å². The first kappa shape index (κ1) is 22.5. The average molecular weight is 467 g/mol. The highest BCUT2D eigenvalue weighted by Gasteiger charge is 2.41. The van der Waals surface area contributed by atoms with E-state index in [1.807, 2.05) is 0 Å². The van der Waals surface area contributed by atoms with E-state index in [4.69, 9.17) is 5.73 Å². The van der Waals surface area contributed by atoms with Crippen molar-refractivity contribution in [3.05, 3.63) is 41.7 Å². The summed E-state index contributed by atoms with van der Waals surface area (Å²) in [4.78, 5) is 7.80. The van der Waals surface area contributed by atoms with Crippen LogP contribution in [-0.4, -0.2) is 61.9 Å². The summed E-state index contributed by atoms with van der Waals surface area (Å²) in [5, 5.41) is 13.1. The van der Waals surface area contributed by atoms with Crippen LogP contribution in [0, 0.1) is 18.6 Å². The summed E-state index contributed by atoms with van der Waals surface area (Å²) in [6.45, 7) is 2.43. The van der Waals surface area contributed by atoms with Gasteiger partial charge >= 0.3 is 0 Å². The number of nitrogen functional groups attached to an aromatic ring is 1. The van der Waals surface area contributed by atoms with Crippen LogP contribution in [0.4, 0.5) is 14.7 Å². The number of β-amino-alcohol motifs (C(OH)–C–C–N with tert-alkyl or cyclic N) is 1. The monoisotopic (exact) mass is 466 g/mol. The number of nitrogens with zero attached hydrogens (tertiary/aromatic N) is 5. The van der Waals surface area contributed by atoms with Crippen LogP contribution in [-0.2, 0) is 10.0 Å². The third-order valence-corrected chi connectivity index (χ3v) is 7.80. The molecule has 0 amide bonds. The number of aromatic nitrogens is 4. The van der Waals surface area contributed by atoms with Crippen LogP contribution in [0.3, 0.4) is 0 Å². The highest BCUT2D eigenvalue weighted by atomic mass is 32.2. The second-order valence-corrected chi connectivity index (χ2v) is 10.2. The summed E-state index contributed by atoms with van der Waals surface area (Å²) in [6, 6.07) is 4.00. The number of piperidine rings is 1. The molecule has 1 aliphatic carbocycles. The first-order chi connectivity index (χ1) is 15.2. The van der Waals surface area contributed by atoms with Crippen LogP contribution in [0.5, 0.6) is 0 Å². The number of fused-ring (bicyclic) bond motifs is 1. The summed E-state index contributed by atoms with van der Waals surface area (Å²) in [7, 11) is -3.05. The van der Waals surface area contributed by atoms with Crippen LogP contribution in [0.1, 0.15) is 31.4 Å². The van der Waals surface area contributed by atoms with Crippen molar-refractivity contribution in [2.24, 2.45) is 0 Å². The molecule has 2 aliphatic rings. The van der Waals surface area contributed by atoms with E-state index < -0.39 is 27.8 Å². The fraction of sp³-hybridized carbons (Fsp3) is 0.450. The standard InChI is InChI=1S/C12H9F2N5.C8H15NO3S/c1-6-7(13)2-3-9(17-6)10-4-8(14)11-5-16-12(15)18-19(10)11;10-7-2-1-5-9(6-7)13(11,12)8-3-4-8/h2-5H,1H3,(H2,15,18);7-8,10H,1-6H2. The number of aliphatic hydroxyl groups excluding tert-OH is 1. The second-order valence-electron chi connectivity index (χ2n) is 7.95. The lowest BCUT2D eigenvalue weighted by atomic mass is 10.1. The van der Waals surface area contributed by atoms with Gasteiger partial charge in [-0.3, -0.25) is 0 Å². The van der Waals surface area contributed by atoms with Crippen molar-refractivity contribution < 1.29 is 22.3 Å². The van der Waals surface area contributed by atoms with Gasteiger partial charge in [-0.25, -0.2) is 31.7 Å². The van der Waals surface area contributed by atoms with Gasteiger partial charge in [-0.05, 0) is 44.7 Å². The van der Waals surface area contributed by atoms with Crippen molar-refractivity contribution >= 4 is 21.5 Å². The van der Waals surface area contributed by atoms with E-state index in [-0.39, 0.29) is 22.4 Å². The molecule has 1 aliphatic heterocycles. The molecule has 172 valence electrons. The minimum Gasteiger partial charge on any atom is -0.392 e. The first-order valence-electron chi connectivity index (χ1n) is 10.3. The number of aryl methyl sites for hydroxylation is 1. The molecule has 0 spiro atoms. The molecule has 0 bridgehead atoms. The molecule has 1 unspecified atom stereocenters. The van der Waals surface area contributed by atoms with Gasteiger partial charge in [0.25, 0.3) is 0 Å². The van der Waals surface area contributed by atoms with Crippen LogP contribution in [0.15, 0.2) is 24.4 Å². The Labute approximate surface area is 183 Å². The van der Waals surface area contributed by atoms with Gasteiger partial charge in [0.05, 0.1) is 34.6 Å². The number of hydrogen-bond donors (Lipinski definition) is 2. The Morgan fingerprint density at radius 1 is 1.19 bits per heavy atom. The summed E-state index contributed by atoms with van der Waals surface area (Å²) in [6.07, 6.45) is 3.95. The van der Waals surface area contributed by atoms with Crippen LogP contribution in [0.2, 0.25) is 0 Å². The zero-order valence-electron chi connectivity index (χ0n) is 17.4. The second kappa shape index (κ2) is 8.68. The molecular weight excluding hydrogens is 442 g/mol. The SMILES string of the molecule is Cc1nc(-c2cc(F)c3cnc(N)nn23)ccc1F.O=S(=O)(C1CC1)N1CCCC(O)C1. The van der Waals surface area contributed by atoms with Gasteiger partial charge in [-0.2, -0.15) is 4.31 Å². The number of sulfonamides is 1. The molecule has 32 heavy (non-hydrogen) atoms. The molecule has 1 saturated carbocycles. The summed E-state index contributed by atoms with van der Waals surface area (Å²) in [5.41, 5.74) is 6.71. The maximum absolute atomic E-state index is 13.8. The van der Waals surface area contributed by atoms with Crippen molar-refractivity contribution in [3.8, 4) is 11.4 Å². The van der Waals surface area contributed by atoms with Gasteiger partial charge in [-0.1, -0.05) is 0 Å². The number of nitrogens with two attached hydrogens (primary N) is 1. The number of anilines is 1. The first-order valence-corrected chi connectivity index (χ1v) is 11.8. The van der Waals surface area contributed by atoms with E-state index >= 15 is 0 Å². The normalized spacial score (nSPS) is 19.6. The molecular formula is C20H24F2N6O3S. The lowest BCUT2D eigenvalue weighted by molar-refractivity contribution is 0.108. The highest BCUT2D eigenvalue weighted by molar-refractivity contribution is 7.90. The number of halogens is 2. The molecule has 12 heteroatoms. The lowest BCUT2D eigenvalue weighted by Crippen LogP contribution is -2.43. The van der Waals surface area contributed by atoms with Gasteiger partial charge < -0.3 is 10.8 Å². The Bertz CT molecular complexity index is 1250. The molecule has 9 nitrogen and oxygen atoms in total. The summed E-state index contributed by atoms with van der Waals surface area (Å²) < 4.78 is 53.1. The molecule has 0 aromatic carbocycles. The third kappa shape index (κ3) is 4.57. The van der Waals surface area contributed by atoms with Crippen molar-refractivity contribution in [1.82, 2.24) is 23.9 Å². The fourth-order valence-corrected chi connectivity index (χ4v) is 5.48. The number of hydrogen-bond acceptors (Lipinski definition) is 7. The number of rotatable bonds is 3. The Morgan fingerprint density at radius 2 is 1.94 bits per heavy atom. The quantitative estimate of drug-likeness (QED) is 0.604. The van der Waals surface area contributed by atoms with E-state index in [0.717, 1.165) is 25.7 Å². The Balaban J connectivity index is 0.000000165. The zero-order chi connectivity index (χ0) is 23.0. The van der Waals surface area contributed by atoms with Crippen molar-refractivity contribution in [2.45, 2.75) is 44.0 Å². The lowest BCUT2D eigenvalue weighted by Gasteiger charge is -2.29. The third-order valence-electron chi connectivity index (χ3n) is 5.43. The van der Waals surface area contributed by atoms with Gasteiger partial charge in [0.1, 0.15) is 11.3 Å². The zero-order valence-corrected chi connectivity index (χ0v) is 18.3. The van der Waals surface area contributed by atoms with Gasteiger partial charge in [0.2, 0.25) is 16.0 Å². The molecule has 1 saturated heterocycles. The number of aliphatic hydroxyl groups is 1. The highest BCUT2D eigenvalue weighted by Crippen LogP contribution is 2.32. The van der Waals surface area contributed by atoms with E-state index in [0.29, 0.717) is 24.5 Å². The molecule has 1 atom stereocenters. The summed E-state index contributed by atoms with van der Waals surface area (Å²) in [5.74, 6) is -0.888. The predicted molar refractivity (Wildman–Crippen MR) is 114 cm³/mol. The largest absolute Gasteiger partial charge is 0.392 e. The fourth-order valence-electron chi connectivity index (χ4n) is 3.56. The smallest absolute Gasteiger partial charge is 0.238 e.